The van der Waals surface area contributed by atoms with E-state index in [1.165, 1.54) is 0 Å². The van der Waals surface area contributed by atoms with Gasteiger partial charge in [-0.1, -0.05) is 0 Å². The van der Waals surface area contributed by atoms with E-state index in [1.807, 2.05) is 0 Å². The van der Waals surface area contributed by atoms with Gasteiger partial charge in [0.1, 0.15) is 11.3 Å². The van der Waals surface area contributed by atoms with Crippen LogP contribution in [0.1, 0.15) is 12.1 Å². The van der Waals surface area contributed by atoms with Gasteiger partial charge in [0.15, 0.2) is 0 Å². The second-order valence-corrected chi connectivity index (χ2v) is 4.35. The Morgan fingerprint density at radius 2 is 2.29 bits per heavy atom. The van der Waals surface area contributed by atoms with E-state index in [1.54, 1.807) is 31.3 Å². The topological polar surface area (TPSA) is 55.2 Å². The molecule has 2 heterocycles. The Kier molecular flexibility index (Phi) is 2.60. The summed E-state index contributed by atoms with van der Waals surface area (Å²) in [5.74, 6) is 2.05. The number of methoxy groups -OCH3 is 1. The fourth-order valence-corrected chi connectivity index (χ4v) is 2.78. The Morgan fingerprint density at radius 3 is 2.93 bits per heavy atom. The average Bonchev–Trinajstić information content (AvgIpc) is 2.66. The molecule has 5 heteroatoms. The molecule has 4 nitrogen and oxygen atoms in total. The molecule has 0 spiro atoms. The second kappa shape index (κ2) is 3.74. The van der Waals surface area contributed by atoms with E-state index in [9.17, 15) is 5.11 Å². The molecule has 1 unspecified atom stereocenters. The lowest BCUT2D eigenvalue weighted by molar-refractivity contribution is 0.0574. The lowest BCUT2D eigenvalue weighted by Gasteiger charge is -2.21. The summed E-state index contributed by atoms with van der Waals surface area (Å²) in [6, 6.07) is 0. The van der Waals surface area contributed by atoms with Crippen LogP contribution in [0.15, 0.2) is 12.4 Å². The van der Waals surface area contributed by atoms with Crippen molar-refractivity contribution >= 4 is 11.8 Å². The third-order valence-electron chi connectivity index (χ3n) is 2.30. The minimum Gasteiger partial charge on any atom is -0.480 e. The van der Waals surface area contributed by atoms with Gasteiger partial charge >= 0.3 is 0 Å². The highest BCUT2D eigenvalue weighted by Gasteiger charge is 2.38. The standard InChI is InChI=1S/C9H12N2O2S/c1-13-8-7(10-3-4-11-8)9(12)2-5-14-6-9/h3-4,12H,2,5-6H2,1H3. The summed E-state index contributed by atoms with van der Waals surface area (Å²) in [7, 11) is 1.54. The molecule has 2 rings (SSSR count). The Balaban J connectivity index is 2.39. The van der Waals surface area contributed by atoms with Crippen molar-refractivity contribution < 1.29 is 9.84 Å². The molecule has 76 valence electrons. The van der Waals surface area contributed by atoms with E-state index in [4.69, 9.17) is 4.74 Å². The van der Waals surface area contributed by atoms with Crippen LogP contribution in [-0.2, 0) is 5.60 Å². The monoisotopic (exact) mass is 212 g/mol. The van der Waals surface area contributed by atoms with E-state index in [2.05, 4.69) is 9.97 Å². The van der Waals surface area contributed by atoms with Gasteiger partial charge in [0, 0.05) is 18.1 Å². The first kappa shape index (κ1) is 9.73. The minimum absolute atomic E-state index is 0.428. The number of hydrogen-bond acceptors (Lipinski definition) is 5. The summed E-state index contributed by atoms with van der Waals surface area (Å²) < 4.78 is 5.08. The second-order valence-electron chi connectivity index (χ2n) is 3.25. The van der Waals surface area contributed by atoms with Crippen LogP contribution in [0.4, 0.5) is 0 Å². The number of rotatable bonds is 2. The van der Waals surface area contributed by atoms with E-state index in [0.29, 0.717) is 23.7 Å². The first-order valence-electron chi connectivity index (χ1n) is 4.42. The quantitative estimate of drug-likeness (QED) is 0.786. The number of aromatic nitrogens is 2. The van der Waals surface area contributed by atoms with Crippen LogP contribution in [0.3, 0.4) is 0 Å². The zero-order valence-electron chi connectivity index (χ0n) is 7.93. The zero-order chi connectivity index (χ0) is 10.0. The first-order chi connectivity index (χ1) is 6.76. The molecule has 0 amide bonds. The number of ether oxygens (including phenoxy) is 1. The fourth-order valence-electron chi connectivity index (χ4n) is 1.53. The van der Waals surface area contributed by atoms with Crippen LogP contribution in [0, 0.1) is 0 Å². The Bertz CT molecular complexity index is 326. The Labute approximate surface area is 86.7 Å². The van der Waals surface area contributed by atoms with Crippen LogP contribution < -0.4 is 4.74 Å². The SMILES string of the molecule is COc1nccnc1C1(O)CCSC1. The summed E-state index contributed by atoms with van der Waals surface area (Å²) in [4.78, 5) is 8.19. The molecule has 14 heavy (non-hydrogen) atoms. The normalized spacial score (nSPS) is 26.4. The summed E-state index contributed by atoms with van der Waals surface area (Å²) in [5, 5.41) is 10.3. The average molecular weight is 212 g/mol. The van der Waals surface area contributed by atoms with E-state index in [0.717, 1.165) is 5.75 Å². The molecule has 0 saturated carbocycles. The van der Waals surface area contributed by atoms with Crippen LogP contribution in [0.2, 0.25) is 0 Å². The van der Waals surface area contributed by atoms with Crippen molar-refractivity contribution in [2.45, 2.75) is 12.0 Å². The lowest BCUT2D eigenvalue weighted by Crippen LogP contribution is -2.27. The van der Waals surface area contributed by atoms with Crippen LogP contribution in [-0.4, -0.2) is 33.7 Å². The predicted molar refractivity (Wildman–Crippen MR) is 54.4 cm³/mol. The van der Waals surface area contributed by atoms with Crippen molar-refractivity contribution in [3.63, 3.8) is 0 Å². The molecule has 1 fully saturated rings. The van der Waals surface area contributed by atoms with Crippen molar-refractivity contribution in [1.82, 2.24) is 9.97 Å². The molecule has 1 aromatic rings. The van der Waals surface area contributed by atoms with Gasteiger partial charge in [-0.15, -0.1) is 0 Å². The molecule has 0 radical (unpaired) electrons. The highest BCUT2D eigenvalue weighted by Crippen LogP contribution is 2.38. The van der Waals surface area contributed by atoms with Crippen molar-refractivity contribution in [2.24, 2.45) is 0 Å². The molecular formula is C9H12N2O2S. The number of thioether (sulfide) groups is 1. The van der Waals surface area contributed by atoms with Gasteiger partial charge in [-0.3, -0.25) is 4.98 Å². The van der Waals surface area contributed by atoms with Crippen molar-refractivity contribution in [3.8, 4) is 5.88 Å². The molecule has 1 atom stereocenters. The third-order valence-corrected chi connectivity index (χ3v) is 3.47. The first-order valence-corrected chi connectivity index (χ1v) is 5.57. The maximum atomic E-state index is 10.3. The van der Waals surface area contributed by atoms with Gasteiger partial charge in [0.2, 0.25) is 5.88 Å². The summed E-state index contributed by atoms with van der Waals surface area (Å²) in [6.07, 6.45) is 3.86. The summed E-state index contributed by atoms with van der Waals surface area (Å²) in [6.45, 7) is 0. The number of hydrogen-bond donors (Lipinski definition) is 1. The molecule has 1 aliphatic heterocycles. The van der Waals surface area contributed by atoms with Crippen LogP contribution in [0.25, 0.3) is 0 Å². The smallest absolute Gasteiger partial charge is 0.238 e. The zero-order valence-corrected chi connectivity index (χ0v) is 8.75. The van der Waals surface area contributed by atoms with E-state index < -0.39 is 5.60 Å². The fraction of sp³-hybridized carbons (Fsp3) is 0.556. The Morgan fingerprint density at radius 1 is 1.50 bits per heavy atom. The molecular weight excluding hydrogens is 200 g/mol. The predicted octanol–water partition coefficient (Wildman–Crippen LogP) is 0.810. The molecule has 1 N–H and O–H groups in total. The highest BCUT2D eigenvalue weighted by molar-refractivity contribution is 7.99. The third kappa shape index (κ3) is 1.57. The van der Waals surface area contributed by atoms with E-state index >= 15 is 0 Å². The highest BCUT2D eigenvalue weighted by atomic mass is 32.2. The van der Waals surface area contributed by atoms with Crippen molar-refractivity contribution in [1.29, 1.82) is 0 Å². The molecule has 0 aromatic carbocycles. The van der Waals surface area contributed by atoms with Gasteiger partial charge in [-0.2, -0.15) is 11.8 Å². The van der Waals surface area contributed by atoms with Crippen LogP contribution >= 0.6 is 11.8 Å². The van der Waals surface area contributed by atoms with Crippen molar-refractivity contribution in [2.75, 3.05) is 18.6 Å². The molecule has 0 bridgehead atoms. The maximum Gasteiger partial charge on any atom is 0.238 e. The van der Waals surface area contributed by atoms with Gasteiger partial charge < -0.3 is 9.84 Å². The van der Waals surface area contributed by atoms with Gasteiger partial charge in [-0.25, -0.2) is 4.98 Å². The molecule has 1 aliphatic rings. The van der Waals surface area contributed by atoms with Gasteiger partial charge in [0.05, 0.1) is 7.11 Å². The summed E-state index contributed by atoms with van der Waals surface area (Å²) in [5.41, 5.74) is -0.294. The number of aliphatic hydroxyl groups is 1. The van der Waals surface area contributed by atoms with Gasteiger partial charge in [-0.05, 0) is 12.2 Å². The minimum atomic E-state index is -0.857. The number of nitrogens with zero attached hydrogens (tertiary/aromatic N) is 2. The lowest BCUT2D eigenvalue weighted by atomic mass is 9.99. The maximum absolute atomic E-state index is 10.3. The molecule has 1 aromatic heterocycles. The largest absolute Gasteiger partial charge is 0.480 e. The van der Waals surface area contributed by atoms with Gasteiger partial charge in [0.25, 0.3) is 0 Å². The Hall–Kier alpha value is -0.810. The molecule has 1 saturated heterocycles. The van der Waals surface area contributed by atoms with E-state index in [-0.39, 0.29) is 0 Å². The molecule has 0 aliphatic carbocycles. The van der Waals surface area contributed by atoms with Crippen LogP contribution in [0.5, 0.6) is 5.88 Å². The summed E-state index contributed by atoms with van der Waals surface area (Å²) >= 11 is 1.72. The van der Waals surface area contributed by atoms with Crippen molar-refractivity contribution in [3.05, 3.63) is 18.1 Å².